The summed E-state index contributed by atoms with van der Waals surface area (Å²) in [6, 6.07) is 23.4. The lowest BCUT2D eigenvalue weighted by Crippen LogP contribution is -2.05. The Morgan fingerprint density at radius 1 is 0.943 bits per heavy atom. The second kappa shape index (κ2) is 9.83. The molecule has 0 fully saturated rings. The summed E-state index contributed by atoms with van der Waals surface area (Å²) in [5.41, 5.74) is 13.1. The Morgan fingerprint density at radius 2 is 1.83 bits per heavy atom. The second-order valence-electron chi connectivity index (χ2n) is 8.31. The maximum absolute atomic E-state index is 11.4. The van der Waals surface area contributed by atoms with Gasteiger partial charge in [-0.3, -0.25) is 9.78 Å². The predicted molar refractivity (Wildman–Crippen MR) is 135 cm³/mol. The molecule has 6 heteroatoms. The van der Waals surface area contributed by atoms with Gasteiger partial charge in [0.25, 0.3) is 0 Å². The molecular weight excluding hydrogens is 440 g/mol. The van der Waals surface area contributed by atoms with Crippen LogP contribution in [0.15, 0.2) is 95.9 Å². The van der Waals surface area contributed by atoms with Gasteiger partial charge in [0.05, 0.1) is 12.7 Å². The number of aromatic nitrogens is 1. The van der Waals surface area contributed by atoms with Crippen LogP contribution in [0.5, 0.6) is 5.75 Å². The molecule has 3 N–H and O–H groups in total. The van der Waals surface area contributed by atoms with Crippen molar-refractivity contribution in [2.75, 3.05) is 0 Å². The van der Waals surface area contributed by atoms with E-state index in [0.717, 1.165) is 44.3 Å². The molecule has 0 amide bonds. The average molecular weight is 465 g/mol. The standard InChI is InChI=1S/C29H24N2O4/c30-16-19-3-1-4-22(11-19)26-13-20(12-24-8-10-34-29(24)26)18-35-27-14-21(25-5-2-9-31-17-25)6-7-23(27)15-28(32)33/h1-14,17H,15-16,18,30H2,(H,32,33). The first-order valence-electron chi connectivity index (χ1n) is 11.3. The molecular formula is C29H24N2O4. The van der Waals surface area contributed by atoms with Crippen LogP contribution in [-0.2, 0) is 24.4 Å². The molecule has 0 saturated heterocycles. The van der Waals surface area contributed by atoms with Gasteiger partial charge in [0, 0.05) is 41.0 Å². The quantitative estimate of drug-likeness (QED) is 0.300. The maximum atomic E-state index is 11.4. The Hall–Kier alpha value is -4.42. The molecule has 0 atom stereocenters. The average Bonchev–Trinajstić information content (AvgIpc) is 3.36. The third-order valence-electron chi connectivity index (χ3n) is 5.88. The van der Waals surface area contributed by atoms with E-state index in [2.05, 4.69) is 11.1 Å². The minimum absolute atomic E-state index is 0.124. The van der Waals surface area contributed by atoms with Gasteiger partial charge in [-0.25, -0.2) is 0 Å². The number of hydrogen-bond donors (Lipinski definition) is 2. The number of carboxylic acid groups (broad SMARTS) is 1. The highest BCUT2D eigenvalue weighted by molar-refractivity contribution is 5.93. The van der Waals surface area contributed by atoms with Gasteiger partial charge in [0.15, 0.2) is 0 Å². The van der Waals surface area contributed by atoms with Crippen LogP contribution in [0, 0.1) is 0 Å². The SMILES string of the molecule is NCc1cccc(-c2cc(COc3cc(-c4cccnc4)ccc3CC(=O)O)cc3ccoc23)c1. The van der Waals surface area contributed by atoms with Gasteiger partial charge in [-0.05, 0) is 58.7 Å². The first-order valence-corrected chi connectivity index (χ1v) is 11.3. The summed E-state index contributed by atoms with van der Waals surface area (Å²) in [4.78, 5) is 15.6. The van der Waals surface area contributed by atoms with Crippen LogP contribution in [-0.4, -0.2) is 16.1 Å². The van der Waals surface area contributed by atoms with Crippen LogP contribution >= 0.6 is 0 Å². The summed E-state index contributed by atoms with van der Waals surface area (Å²) >= 11 is 0. The lowest BCUT2D eigenvalue weighted by Gasteiger charge is -2.14. The number of pyridine rings is 1. The van der Waals surface area contributed by atoms with Crippen molar-refractivity contribution in [2.24, 2.45) is 5.73 Å². The molecule has 0 saturated carbocycles. The van der Waals surface area contributed by atoms with Gasteiger partial charge < -0.3 is 20.0 Å². The van der Waals surface area contributed by atoms with Crippen LogP contribution in [0.3, 0.4) is 0 Å². The zero-order valence-corrected chi connectivity index (χ0v) is 19.0. The van der Waals surface area contributed by atoms with E-state index in [1.165, 1.54) is 0 Å². The first-order chi connectivity index (χ1) is 17.1. The van der Waals surface area contributed by atoms with Crippen molar-refractivity contribution >= 4 is 16.9 Å². The van der Waals surface area contributed by atoms with Gasteiger partial charge in [0.1, 0.15) is 17.9 Å². The fourth-order valence-electron chi connectivity index (χ4n) is 4.18. The third-order valence-corrected chi connectivity index (χ3v) is 5.88. The number of nitrogens with two attached hydrogens (primary N) is 1. The molecule has 174 valence electrons. The van der Waals surface area contributed by atoms with E-state index >= 15 is 0 Å². The normalized spacial score (nSPS) is 11.0. The van der Waals surface area contributed by atoms with Crippen molar-refractivity contribution in [1.29, 1.82) is 0 Å². The third kappa shape index (κ3) is 4.93. The molecule has 5 rings (SSSR count). The van der Waals surface area contributed by atoms with E-state index in [1.54, 1.807) is 24.7 Å². The van der Waals surface area contributed by atoms with Gasteiger partial charge in [-0.2, -0.15) is 0 Å². The number of fused-ring (bicyclic) bond motifs is 1. The Kier molecular flexibility index (Phi) is 6.28. The van der Waals surface area contributed by atoms with Crippen molar-refractivity contribution in [3.8, 4) is 28.0 Å². The van der Waals surface area contributed by atoms with Gasteiger partial charge in [0.2, 0.25) is 0 Å². The zero-order valence-electron chi connectivity index (χ0n) is 19.0. The number of rotatable bonds is 8. The van der Waals surface area contributed by atoms with E-state index in [-0.39, 0.29) is 13.0 Å². The number of furan rings is 1. The van der Waals surface area contributed by atoms with E-state index in [0.29, 0.717) is 17.9 Å². The van der Waals surface area contributed by atoms with Crippen LogP contribution < -0.4 is 10.5 Å². The number of carboxylic acids is 1. The number of hydrogen-bond acceptors (Lipinski definition) is 5. The van der Waals surface area contributed by atoms with E-state index in [4.69, 9.17) is 14.9 Å². The number of carbonyl (C=O) groups is 1. The smallest absolute Gasteiger partial charge is 0.307 e. The molecule has 0 unspecified atom stereocenters. The van der Waals surface area contributed by atoms with Gasteiger partial charge in [-0.1, -0.05) is 36.4 Å². The van der Waals surface area contributed by atoms with Crippen molar-refractivity contribution in [2.45, 2.75) is 19.6 Å². The summed E-state index contributed by atoms with van der Waals surface area (Å²) < 4.78 is 12.0. The summed E-state index contributed by atoms with van der Waals surface area (Å²) in [7, 11) is 0. The largest absolute Gasteiger partial charge is 0.489 e. The fraction of sp³-hybridized carbons (Fsp3) is 0.103. The topological polar surface area (TPSA) is 98.6 Å². The van der Waals surface area contributed by atoms with Gasteiger partial charge >= 0.3 is 5.97 Å². The Labute approximate surface area is 202 Å². The predicted octanol–water partition coefficient (Wildman–Crippen LogP) is 5.83. The zero-order chi connectivity index (χ0) is 24.2. The molecule has 0 aliphatic carbocycles. The molecule has 5 aromatic rings. The summed E-state index contributed by atoms with van der Waals surface area (Å²) in [6.45, 7) is 0.728. The van der Waals surface area contributed by atoms with Crippen LogP contribution in [0.4, 0.5) is 0 Å². The van der Waals surface area contributed by atoms with Crippen molar-refractivity contribution in [1.82, 2.24) is 4.98 Å². The van der Waals surface area contributed by atoms with E-state index < -0.39 is 5.97 Å². The molecule has 2 aromatic heterocycles. The summed E-state index contributed by atoms with van der Waals surface area (Å²) in [5, 5.41) is 10.3. The molecule has 6 nitrogen and oxygen atoms in total. The Bertz CT molecular complexity index is 1490. The van der Waals surface area contributed by atoms with Crippen molar-refractivity contribution < 1.29 is 19.1 Å². The summed E-state index contributed by atoms with van der Waals surface area (Å²) in [6.07, 6.45) is 5.03. The number of nitrogens with zero attached hydrogens (tertiary/aromatic N) is 1. The highest BCUT2D eigenvalue weighted by Crippen LogP contribution is 2.33. The fourth-order valence-corrected chi connectivity index (χ4v) is 4.18. The lowest BCUT2D eigenvalue weighted by molar-refractivity contribution is -0.136. The molecule has 2 heterocycles. The van der Waals surface area contributed by atoms with Crippen molar-refractivity contribution in [3.63, 3.8) is 0 Å². The molecule has 0 aliphatic rings. The second-order valence-corrected chi connectivity index (χ2v) is 8.31. The number of ether oxygens (including phenoxy) is 1. The lowest BCUT2D eigenvalue weighted by atomic mass is 9.99. The highest BCUT2D eigenvalue weighted by Gasteiger charge is 2.14. The van der Waals surface area contributed by atoms with Gasteiger partial charge in [-0.15, -0.1) is 0 Å². The highest BCUT2D eigenvalue weighted by atomic mass is 16.5. The number of aliphatic carboxylic acids is 1. The van der Waals surface area contributed by atoms with Crippen LogP contribution in [0.1, 0.15) is 16.7 Å². The molecule has 0 bridgehead atoms. The minimum atomic E-state index is -0.911. The van der Waals surface area contributed by atoms with E-state index in [9.17, 15) is 9.90 Å². The monoisotopic (exact) mass is 464 g/mol. The maximum Gasteiger partial charge on any atom is 0.307 e. The Morgan fingerprint density at radius 3 is 2.63 bits per heavy atom. The molecule has 3 aromatic carbocycles. The van der Waals surface area contributed by atoms with Crippen molar-refractivity contribution in [3.05, 3.63) is 108 Å². The first kappa shape index (κ1) is 22.4. The van der Waals surface area contributed by atoms with Crippen LogP contribution in [0.2, 0.25) is 0 Å². The Balaban J connectivity index is 1.49. The number of benzene rings is 3. The molecule has 0 aliphatic heterocycles. The molecule has 0 radical (unpaired) electrons. The minimum Gasteiger partial charge on any atom is -0.489 e. The van der Waals surface area contributed by atoms with E-state index in [1.807, 2.05) is 60.7 Å². The molecule has 35 heavy (non-hydrogen) atoms. The van der Waals surface area contributed by atoms with Crippen LogP contribution in [0.25, 0.3) is 33.2 Å². The summed E-state index contributed by atoms with van der Waals surface area (Å²) in [5.74, 6) is -0.376. The molecule has 0 spiro atoms.